The van der Waals surface area contributed by atoms with Crippen LogP contribution in [0.3, 0.4) is 0 Å². The first-order chi connectivity index (χ1) is 8.02. The van der Waals surface area contributed by atoms with Crippen LogP contribution in [0.5, 0.6) is 0 Å². The van der Waals surface area contributed by atoms with Crippen LogP contribution in [0.2, 0.25) is 0 Å². The highest BCUT2D eigenvalue weighted by Gasteiger charge is 2.22. The van der Waals surface area contributed by atoms with Gasteiger partial charge in [0.15, 0.2) is 6.04 Å². The van der Waals surface area contributed by atoms with Crippen LogP contribution in [-0.4, -0.2) is 43.5 Å². The van der Waals surface area contributed by atoms with E-state index in [0.717, 1.165) is 0 Å². The summed E-state index contributed by atoms with van der Waals surface area (Å²) in [4.78, 5) is 33.5. The third-order valence-electron chi connectivity index (χ3n) is 1.85. The van der Waals surface area contributed by atoms with Crippen molar-refractivity contribution < 1.29 is 19.1 Å². The molecule has 0 aromatic heterocycles. The van der Waals surface area contributed by atoms with Crippen molar-refractivity contribution in [2.45, 2.75) is 26.3 Å². The van der Waals surface area contributed by atoms with E-state index in [1.807, 2.05) is 0 Å². The van der Waals surface area contributed by atoms with Gasteiger partial charge in [-0.1, -0.05) is 0 Å². The van der Waals surface area contributed by atoms with Crippen molar-refractivity contribution in [1.82, 2.24) is 10.6 Å². The molecule has 0 aromatic rings. The first kappa shape index (κ1) is 15.4. The minimum absolute atomic E-state index is 0.137. The molecule has 7 nitrogen and oxygen atoms in total. The van der Waals surface area contributed by atoms with Crippen LogP contribution >= 0.6 is 0 Å². The lowest BCUT2D eigenvalue weighted by molar-refractivity contribution is -0.147. The van der Waals surface area contributed by atoms with Gasteiger partial charge in [-0.3, -0.25) is 9.59 Å². The zero-order valence-electron chi connectivity index (χ0n) is 10.1. The summed E-state index contributed by atoms with van der Waals surface area (Å²) in [6.07, 6.45) is 0.148. The van der Waals surface area contributed by atoms with E-state index in [-0.39, 0.29) is 25.5 Å². The Morgan fingerprint density at radius 3 is 2.41 bits per heavy atom. The molecule has 1 unspecified atom stereocenters. The zero-order chi connectivity index (χ0) is 13.3. The van der Waals surface area contributed by atoms with Crippen LogP contribution < -0.4 is 16.4 Å². The molecular weight excluding hydrogens is 226 g/mol. The van der Waals surface area contributed by atoms with Crippen LogP contribution in [0.15, 0.2) is 0 Å². The number of rotatable bonds is 7. The Hall–Kier alpha value is -1.63. The number of nitrogens with two attached hydrogens (primary N) is 1. The summed E-state index contributed by atoms with van der Waals surface area (Å²) in [7, 11) is 0. The predicted octanol–water partition coefficient (Wildman–Crippen LogP) is -1.48. The SMILES string of the molecule is CCNC(=O)CCNC(=O)C(N)C(=O)OCC. The predicted molar refractivity (Wildman–Crippen MR) is 60.9 cm³/mol. The molecule has 7 heteroatoms. The highest BCUT2D eigenvalue weighted by molar-refractivity contribution is 6.01. The minimum atomic E-state index is -1.34. The monoisotopic (exact) mass is 245 g/mol. The maximum absolute atomic E-state index is 11.3. The molecule has 0 aliphatic rings. The smallest absolute Gasteiger partial charge is 0.332 e. The summed E-state index contributed by atoms with van der Waals surface area (Å²) >= 11 is 0. The van der Waals surface area contributed by atoms with Crippen LogP contribution in [0, 0.1) is 0 Å². The number of esters is 1. The molecule has 0 saturated heterocycles. The van der Waals surface area contributed by atoms with Gasteiger partial charge in [-0.2, -0.15) is 0 Å². The van der Waals surface area contributed by atoms with E-state index in [0.29, 0.717) is 6.54 Å². The highest BCUT2D eigenvalue weighted by atomic mass is 16.5. The van der Waals surface area contributed by atoms with Gasteiger partial charge in [0.2, 0.25) is 11.8 Å². The van der Waals surface area contributed by atoms with Crippen LogP contribution in [-0.2, 0) is 19.1 Å². The first-order valence-electron chi connectivity index (χ1n) is 5.49. The number of ether oxygens (including phenoxy) is 1. The third kappa shape index (κ3) is 6.52. The summed E-state index contributed by atoms with van der Waals surface area (Å²) in [6, 6.07) is -1.34. The molecule has 1 atom stereocenters. The van der Waals surface area contributed by atoms with E-state index >= 15 is 0 Å². The zero-order valence-corrected chi connectivity index (χ0v) is 10.1. The van der Waals surface area contributed by atoms with E-state index in [4.69, 9.17) is 5.73 Å². The van der Waals surface area contributed by atoms with Gasteiger partial charge < -0.3 is 21.1 Å². The molecule has 0 rings (SSSR count). The van der Waals surface area contributed by atoms with Crippen molar-refractivity contribution in [2.75, 3.05) is 19.7 Å². The fourth-order valence-corrected chi connectivity index (χ4v) is 1.03. The van der Waals surface area contributed by atoms with Gasteiger partial charge in [-0.25, -0.2) is 4.79 Å². The van der Waals surface area contributed by atoms with Crippen molar-refractivity contribution in [3.05, 3.63) is 0 Å². The number of nitrogens with one attached hydrogen (secondary N) is 2. The molecule has 0 spiro atoms. The van der Waals surface area contributed by atoms with Crippen molar-refractivity contribution in [3.8, 4) is 0 Å². The normalized spacial score (nSPS) is 11.5. The van der Waals surface area contributed by atoms with Gasteiger partial charge in [0, 0.05) is 19.5 Å². The van der Waals surface area contributed by atoms with Gasteiger partial charge in [0.1, 0.15) is 0 Å². The third-order valence-corrected chi connectivity index (χ3v) is 1.85. The van der Waals surface area contributed by atoms with Crippen LogP contribution in [0.1, 0.15) is 20.3 Å². The summed E-state index contributed by atoms with van der Waals surface area (Å²) in [6.45, 7) is 4.26. The molecule has 0 saturated carbocycles. The number of amides is 2. The second kappa shape index (κ2) is 8.51. The Bertz CT molecular complexity index is 281. The molecule has 2 amide bonds. The van der Waals surface area contributed by atoms with Gasteiger partial charge >= 0.3 is 5.97 Å². The lowest BCUT2D eigenvalue weighted by atomic mass is 10.3. The fraction of sp³-hybridized carbons (Fsp3) is 0.700. The molecule has 0 bridgehead atoms. The Morgan fingerprint density at radius 1 is 1.24 bits per heavy atom. The second-order valence-corrected chi connectivity index (χ2v) is 3.22. The lowest BCUT2D eigenvalue weighted by Crippen LogP contribution is -2.47. The maximum atomic E-state index is 11.3. The first-order valence-corrected chi connectivity index (χ1v) is 5.49. The lowest BCUT2D eigenvalue weighted by Gasteiger charge is -2.10. The Labute approximate surface area is 100 Å². The van der Waals surface area contributed by atoms with E-state index in [1.165, 1.54) is 0 Å². The quantitative estimate of drug-likeness (QED) is 0.374. The average Bonchev–Trinajstić information content (AvgIpc) is 2.28. The Balaban J connectivity index is 3.85. The topological polar surface area (TPSA) is 111 Å². The molecule has 98 valence electrons. The van der Waals surface area contributed by atoms with Crippen LogP contribution in [0.4, 0.5) is 0 Å². The largest absolute Gasteiger partial charge is 0.464 e. The molecule has 0 heterocycles. The van der Waals surface area contributed by atoms with Gasteiger partial charge in [-0.15, -0.1) is 0 Å². The van der Waals surface area contributed by atoms with E-state index in [1.54, 1.807) is 13.8 Å². The molecular formula is C10H19N3O4. The maximum Gasteiger partial charge on any atom is 0.332 e. The van der Waals surface area contributed by atoms with Gasteiger partial charge in [0.25, 0.3) is 0 Å². The second-order valence-electron chi connectivity index (χ2n) is 3.22. The highest BCUT2D eigenvalue weighted by Crippen LogP contribution is 1.87. The molecule has 4 N–H and O–H groups in total. The molecule has 0 fully saturated rings. The number of hydrogen-bond donors (Lipinski definition) is 3. The van der Waals surface area contributed by atoms with Crippen molar-refractivity contribution in [1.29, 1.82) is 0 Å². The summed E-state index contributed by atoms with van der Waals surface area (Å²) in [5, 5.41) is 4.96. The Kier molecular flexibility index (Phi) is 7.70. The van der Waals surface area contributed by atoms with Crippen LogP contribution in [0.25, 0.3) is 0 Å². The molecule has 0 aromatic carbocycles. The molecule has 17 heavy (non-hydrogen) atoms. The van der Waals surface area contributed by atoms with Crippen molar-refractivity contribution >= 4 is 17.8 Å². The van der Waals surface area contributed by atoms with Crippen molar-refractivity contribution in [2.24, 2.45) is 5.73 Å². The number of hydrogen-bond acceptors (Lipinski definition) is 5. The van der Waals surface area contributed by atoms with E-state index < -0.39 is 17.9 Å². The van der Waals surface area contributed by atoms with Gasteiger partial charge in [0.05, 0.1) is 6.61 Å². The Morgan fingerprint density at radius 2 is 1.88 bits per heavy atom. The summed E-state index contributed by atoms with van der Waals surface area (Å²) in [5.41, 5.74) is 5.34. The number of carbonyl (C=O) groups excluding carboxylic acids is 3. The fourth-order valence-electron chi connectivity index (χ4n) is 1.03. The number of carbonyl (C=O) groups is 3. The minimum Gasteiger partial charge on any atom is -0.464 e. The van der Waals surface area contributed by atoms with E-state index in [9.17, 15) is 14.4 Å². The standard InChI is InChI=1S/C10H19N3O4/c1-3-12-7(14)5-6-13-9(15)8(11)10(16)17-4-2/h8H,3-6,11H2,1-2H3,(H,12,14)(H,13,15). The molecule has 0 aliphatic carbocycles. The molecule has 0 aliphatic heterocycles. The van der Waals surface area contributed by atoms with Gasteiger partial charge in [-0.05, 0) is 13.8 Å². The molecule has 0 radical (unpaired) electrons. The summed E-state index contributed by atoms with van der Waals surface area (Å²) < 4.78 is 4.59. The summed E-state index contributed by atoms with van der Waals surface area (Å²) in [5.74, 6) is -1.59. The van der Waals surface area contributed by atoms with E-state index in [2.05, 4.69) is 15.4 Å². The van der Waals surface area contributed by atoms with Crippen molar-refractivity contribution in [3.63, 3.8) is 0 Å². The average molecular weight is 245 g/mol.